The van der Waals surface area contributed by atoms with Crippen LogP contribution >= 0.6 is 27.3 Å². The van der Waals surface area contributed by atoms with Crippen LogP contribution in [0.2, 0.25) is 0 Å². The third kappa shape index (κ3) is 5.52. The first-order valence-electron chi connectivity index (χ1n) is 7.32. The maximum Gasteiger partial charge on any atom is 0.415 e. The van der Waals surface area contributed by atoms with Gasteiger partial charge in [-0.1, -0.05) is 42.5 Å². The summed E-state index contributed by atoms with van der Waals surface area (Å²) in [4.78, 5) is 14.1. The lowest BCUT2D eigenvalue weighted by molar-refractivity contribution is 0.0584. The van der Waals surface area contributed by atoms with Gasteiger partial charge in [-0.25, -0.2) is 4.79 Å². The van der Waals surface area contributed by atoms with Crippen molar-refractivity contribution in [1.29, 1.82) is 0 Å². The molecule has 0 aliphatic carbocycles. The molecular formula is C18H20BrNO2S. The van der Waals surface area contributed by atoms with Crippen LogP contribution in [0, 0.1) is 0 Å². The molecule has 0 fully saturated rings. The van der Waals surface area contributed by atoms with Gasteiger partial charge in [0.15, 0.2) is 0 Å². The van der Waals surface area contributed by atoms with Crippen molar-refractivity contribution in [2.75, 3.05) is 11.4 Å². The molecule has 3 nitrogen and oxygen atoms in total. The number of nitrogens with zero attached hydrogens (tertiary/aromatic N) is 1. The fourth-order valence-electron chi connectivity index (χ4n) is 1.93. The number of thiophene rings is 1. The lowest BCUT2D eigenvalue weighted by Crippen LogP contribution is -2.37. The molecule has 1 heterocycles. The summed E-state index contributed by atoms with van der Waals surface area (Å²) < 4.78 is 6.43. The zero-order valence-corrected chi connectivity index (χ0v) is 15.9. The summed E-state index contributed by atoms with van der Waals surface area (Å²) in [6.45, 7) is 6.04. The van der Waals surface area contributed by atoms with E-state index in [0.717, 1.165) is 15.0 Å². The summed E-state index contributed by atoms with van der Waals surface area (Å²) in [6.07, 6.45) is 3.61. The van der Waals surface area contributed by atoms with Crippen LogP contribution in [0.5, 0.6) is 0 Å². The number of ether oxygens (including phenoxy) is 1. The van der Waals surface area contributed by atoms with Gasteiger partial charge < -0.3 is 4.74 Å². The van der Waals surface area contributed by atoms with Crippen LogP contribution < -0.4 is 4.90 Å². The summed E-state index contributed by atoms with van der Waals surface area (Å²) in [5.41, 5.74) is 1.39. The molecule has 0 aliphatic rings. The third-order valence-corrected chi connectivity index (χ3v) is 4.56. The fraction of sp³-hybridized carbons (Fsp3) is 0.278. The van der Waals surface area contributed by atoms with Gasteiger partial charge in [-0.3, -0.25) is 4.90 Å². The SMILES string of the molecule is CC(C)(C)OC(=O)N(C/C=C/c1ccccc1)c1ccsc1Br. The van der Waals surface area contributed by atoms with Gasteiger partial charge in [-0.15, -0.1) is 11.3 Å². The predicted molar refractivity (Wildman–Crippen MR) is 101 cm³/mol. The number of anilines is 1. The zero-order valence-electron chi connectivity index (χ0n) is 13.5. The van der Waals surface area contributed by atoms with Crippen molar-refractivity contribution in [2.45, 2.75) is 26.4 Å². The van der Waals surface area contributed by atoms with Crippen molar-refractivity contribution >= 4 is 45.1 Å². The second-order valence-corrected chi connectivity index (χ2v) is 8.22. The van der Waals surface area contributed by atoms with E-state index < -0.39 is 5.60 Å². The molecule has 23 heavy (non-hydrogen) atoms. The fourth-order valence-corrected chi connectivity index (χ4v) is 3.21. The Bertz CT molecular complexity index is 674. The highest BCUT2D eigenvalue weighted by Crippen LogP contribution is 2.32. The molecule has 5 heteroatoms. The number of amides is 1. The van der Waals surface area contributed by atoms with Crippen molar-refractivity contribution in [3.8, 4) is 0 Å². The normalized spacial score (nSPS) is 11.7. The van der Waals surface area contributed by atoms with Crippen LogP contribution in [0.15, 0.2) is 51.6 Å². The highest BCUT2D eigenvalue weighted by atomic mass is 79.9. The number of halogens is 1. The summed E-state index contributed by atoms with van der Waals surface area (Å²) >= 11 is 5.04. The van der Waals surface area contributed by atoms with Gasteiger partial charge in [0.05, 0.1) is 9.47 Å². The number of rotatable bonds is 4. The average molecular weight is 394 g/mol. The first-order chi connectivity index (χ1) is 10.9. The van der Waals surface area contributed by atoms with E-state index >= 15 is 0 Å². The molecule has 0 saturated carbocycles. The molecule has 1 amide bonds. The van der Waals surface area contributed by atoms with E-state index in [1.54, 1.807) is 16.2 Å². The quantitative estimate of drug-likeness (QED) is 0.640. The van der Waals surface area contributed by atoms with E-state index in [1.807, 2.05) is 74.7 Å². The Morgan fingerprint density at radius 1 is 1.26 bits per heavy atom. The van der Waals surface area contributed by atoms with Gasteiger partial charge in [0.25, 0.3) is 0 Å². The van der Waals surface area contributed by atoms with E-state index in [1.165, 1.54) is 0 Å². The van der Waals surface area contributed by atoms with Crippen molar-refractivity contribution in [1.82, 2.24) is 0 Å². The highest BCUT2D eigenvalue weighted by Gasteiger charge is 2.24. The molecular weight excluding hydrogens is 374 g/mol. The van der Waals surface area contributed by atoms with Crippen LogP contribution in [0.4, 0.5) is 10.5 Å². The Hall–Kier alpha value is -1.59. The van der Waals surface area contributed by atoms with Crippen molar-refractivity contribution in [3.63, 3.8) is 0 Å². The molecule has 0 unspecified atom stereocenters. The molecule has 0 N–H and O–H groups in total. The van der Waals surface area contributed by atoms with Crippen molar-refractivity contribution in [2.24, 2.45) is 0 Å². The summed E-state index contributed by atoms with van der Waals surface area (Å²) in [6, 6.07) is 11.9. The Balaban J connectivity index is 2.16. The average Bonchev–Trinajstić information content (AvgIpc) is 2.89. The van der Waals surface area contributed by atoms with Crippen molar-refractivity contribution < 1.29 is 9.53 Å². The molecule has 0 aliphatic heterocycles. The maximum absolute atomic E-state index is 12.5. The Morgan fingerprint density at radius 3 is 2.52 bits per heavy atom. The summed E-state index contributed by atoms with van der Waals surface area (Å²) in [7, 11) is 0. The van der Waals surface area contributed by atoms with Crippen LogP contribution in [0.3, 0.4) is 0 Å². The zero-order chi connectivity index (χ0) is 16.9. The molecule has 122 valence electrons. The number of benzene rings is 1. The number of carbonyl (C=O) groups is 1. The second-order valence-electron chi connectivity index (χ2n) is 5.98. The topological polar surface area (TPSA) is 29.5 Å². The highest BCUT2D eigenvalue weighted by molar-refractivity contribution is 9.11. The molecule has 0 spiro atoms. The summed E-state index contributed by atoms with van der Waals surface area (Å²) in [5.74, 6) is 0. The molecule has 0 radical (unpaired) electrons. The lowest BCUT2D eigenvalue weighted by Gasteiger charge is -2.26. The molecule has 0 saturated heterocycles. The number of hydrogen-bond acceptors (Lipinski definition) is 3. The molecule has 1 aromatic heterocycles. The van der Waals surface area contributed by atoms with Crippen LogP contribution in [-0.2, 0) is 4.74 Å². The molecule has 1 aromatic carbocycles. The van der Waals surface area contributed by atoms with Gasteiger partial charge in [-0.2, -0.15) is 0 Å². The van der Waals surface area contributed by atoms with E-state index in [4.69, 9.17) is 4.74 Å². The minimum Gasteiger partial charge on any atom is -0.443 e. The third-order valence-electron chi connectivity index (χ3n) is 2.90. The summed E-state index contributed by atoms with van der Waals surface area (Å²) in [5, 5.41) is 1.94. The van der Waals surface area contributed by atoms with E-state index in [-0.39, 0.29) is 6.09 Å². The van der Waals surface area contributed by atoms with Gasteiger partial charge in [0.2, 0.25) is 0 Å². The largest absolute Gasteiger partial charge is 0.443 e. The Kier molecular flexibility index (Phi) is 6.02. The lowest BCUT2D eigenvalue weighted by atomic mass is 10.2. The smallest absolute Gasteiger partial charge is 0.415 e. The first kappa shape index (κ1) is 17.8. The minimum atomic E-state index is -0.527. The maximum atomic E-state index is 12.5. The van der Waals surface area contributed by atoms with Crippen molar-refractivity contribution in [3.05, 3.63) is 57.2 Å². The minimum absolute atomic E-state index is 0.352. The van der Waals surface area contributed by atoms with E-state index in [2.05, 4.69) is 15.9 Å². The van der Waals surface area contributed by atoms with Crippen LogP contribution in [0.25, 0.3) is 6.08 Å². The first-order valence-corrected chi connectivity index (χ1v) is 8.99. The monoisotopic (exact) mass is 393 g/mol. The van der Waals surface area contributed by atoms with Gasteiger partial charge in [0, 0.05) is 6.54 Å². The van der Waals surface area contributed by atoms with Crippen LogP contribution in [-0.4, -0.2) is 18.2 Å². The molecule has 2 aromatic rings. The van der Waals surface area contributed by atoms with E-state index in [9.17, 15) is 4.79 Å². The van der Waals surface area contributed by atoms with Gasteiger partial charge in [0.1, 0.15) is 5.60 Å². The number of carbonyl (C=O) groups excluding carboxylic acids is 1. The Labute approximate surface area is 149 Å². The standard InChI is InChI=1S/C18H20BrNO2S/c1-18(2,3)22-17(21)20(15-11-13-23-16(15)19)12-7-10-14-8-5-4-6-9-14/h4-11,13H,12H2,1-3H3/b10-7+. The predicted octanol–water partition coefficient (Wildman–Crippen LogP) is 5.97. The van der Waals surface area contributed by atoms with Gasteiger partial charge >= 0.3 is 6.09 Å². The van der Waals surface area contributed by atoms with Gasteiger partial charge in [-0.05, 0) is 53.7 Å². The molecule has 2 rings (SSSR count). The molecule has 0 bridgehead atoms. The van der Waals surface area contributed by atoms with Crippen LogP contribution in [0.1, 0.15) is 26.3 Å². The van der Waals surface area contributed by atoms with E-state index in [0.29, 0.717) is 6.54 Å². The number of hydrogen-bond donors (Lipinski definition) is 0. The second kappa shape index (κ2) is 7.79. The molecule has 0 atom stereocenters. The Morgan fingerprint density at radius 2 is 1.96 bits per heavy atom.